The molecule has 0 aliphatic heterocycles. The first-order valence-electron chi connectivity index (χ1n) is 6.23. The fourth-order valence-electron chi connectivity index (χ4n) is 2.06. The fourth-order valence-corrected chi connectivity index (χ4v) is 2.06. The molecule has 5 heteroatoms. The van der Waals surface area contributed by atoms with Crippen LogP contribution in [0, 0.1) is 0 Å². The second-order valence-electron chi connectivity index (χ2n) is 4.39. The number of pyridine rings is 1. The lowest BCUT2D eigenvalue weighted by Gasteiger charge is -2.05. The Kier molecular flexibility index (Phi) is 2.97. The maximum Gasteiger partial charge on any atom is 0.112 e. The van der Waals surface area contributed by atoms with Gasteiger partial charge in [0.2, 0.25) is 0 Å². The molecule has 1 N–H and O–H groups in total. The molecule has 0 amide bonds. The summed E-state index contributed by atoms with van der Waals surface area (Å²) in [6.45, 7) is 1.91. The van der Waals surface area contributed by atoms with E-state index >= 15 is 0 Å². The number of aromatic nitrogens is 4. The Morgan fingerprint density at radius 1 is 1.32 bits per heavy atom. The lowest BCUT2D eigenvalue weighted by Crippen LogP contribution is -1.96. The molecule has 1 unspecified atom stereocenters. The van der Waals surface area contributed by atoms with Crippen molar-refractivity contribution in [2.45, 2.75) is 19.4 Å². The van der Waals surface area contributed by atoms with Crippen LogP contribution in [0.15, 0.2) is 42.9 Å². The fraction of sp³-hybridized carbons (Fsp3) is 0.214. The molecule has 0 radical (unpaired) electrons. The molecule has 0 aliphatic rings. The second-order valence-corrected chi connectivity index (χ2v) is 4.39. The van der Waals surface area contributed by atoms with E-state index in [0.29, 0.717) is 12.1 Å². The van der Waals surface area contributed by atoms with Gasteiger partial charge in [0.25, 0.3) is 0 Å². The third kappa shape index (κ3) is 2.08. The Balaban J connectivity index is 2.12. The number of hydrogen-bond donors (Lipinski definition) is 1. The maximum atomic E-state index is 9.78. The number of nitrogens with zero attached hydrogens (tertiary/aromatic N) is 4. The number of rotatable bonds is 3. The molecule has 2 heterocycles. The van der Waals surface area contributed by atoms with Gasteiger partial charge in [-0.3, -0.25) is 4.98 Å². The monoisotopic (exact) mass is 254 g/mol. The van der Waals surface area contributed by atoms with Gasteiger partial charge >= 0.3 is 0 Å². The Morgan fingerprint density at radius 3 is 3.05 bits per heavy atom. The van der Waals surface area contributed by atoms with Crippen LogP contribution in [0.2, 0.25) is 0 Å². The van der Waals surface area contributed by atoms with Gasteiger partial charge in [0.05, 0.1) is 18.0 Å². The SMILES string of the molecule is CCC(O)c1cn(-c2cccc3cnccc23)nn1. The van der Waals surface area contributed by atoms with E-state index in [1.54, 1.807) is 17.1 Å². The first-order valence-corrected chi connectivity index (χ1v) is 6.23. The summed E-state index contributed by atoms with van der Waals surface area (Å²) in [6, 6.07) is 7.88. The van der Waals surface area contributed by atoms with E-state index in [-0.39, 0.29) is 0 Å². The minimum absolute atomic E-state index is 0.564. The first-order chi connectivity index (χ1) is 9.29. The standard InChI is InChI=1S/C14H14N4O/c1-2-14(19)12-9-18(17-16-12)13-5-3-4-10-8-15-7-6-11(10)13/h3-9,14,19H,2H2,1H3. The second kappa shape index (κ2) is 4.78. The third-order valence-corrected chi connectivity index (χ3v) is 3.14. The molecule has 96 valence electrons. The van der Waals surface area contributed by atoms with E-state index in [1.165, 1.54) is 0 Å². The topological polar surface area (TPSA) is 63.8 Å². The molecule has 0 fully saturated rings. The van der Waals surface area contributed by atoms with Crippen molar-refractivity contribution in [1.29, 1.82) is 0 Å². The summed E-state index contributed by atoms with van der Waals surface area (Å²) in [5.74, 6) is 0. The molecular formula is C14H14N4O. The zero-order valence-electron chi connectivity index (χ0n) is 10.6. The number of benzene rings is 1. The number of fused-ring (bicyclic) bond motifs is 1. The molecule has 1 aromatic carbocycles. The maximum absolute atomic E-state index is 9.78. The first kappa shape index (κ1) is 11.8. The number of aliphatic hydroxyl groups is 1. The summed E-state index contributed by atoms with van der Waals surface area (Å²) in [6.07, 6.45) is 5.40. The van der Waals surface area contributed by atoms with Crippen LogP contribution < -0.4 is 0 Å². The van der Waals surface area contributed by atoms with Crippen molar-refractivity contribution in [3.63, 3.8) is 0 Å². The molecular weight excluding hydrogens is 240 g/mol. The summed E-state index contributed by atoms with van der Waals surface area (Å²) in [5, 5.41) is 20.0. The highest BCUT2D eigenvalue weighted by atomic mass is 16.3. The van der Waals surface area contributed by atoms with Gasteiger partial charge in [-0.15, -0.1) is 5.10 Å². The van der Waals surface area contributed by atoms with Gasteiger partial charge < -0.3 is 5.11 Å². The summed E-state index contributed by atoms with van der Waals surface area (Å²) >= 11 is 0. The molecule has 3 rings (SSSR count). The van der Waals surface area contributed by atoms with E-state index in [1.807, 2.05) is 37.4 Å². The van der Waals surface area contributed by atoms with Crippen LogP contribution in [-0.4, -0.2) is 25.1 Å². The van der Waals surface area contributed by atoms with Gasteiger partial charge in [-0.25, -0.2) is 4.68 Å². The highest BCUT2D eigenvalue weighted by Gasteiger charge is 2.11. The molecule has 0 saturated heterocycles. The van der Waals surface area contributed by atoms with E-state index in [4.69, 9.17) is 0 Å². The minimum atomic E-state index is -0.564. The Bertz CT molecular complexity index is 702. The predicted octanol–water partition coefficient (Wildman–Crippen LogP) is 2.26. The smallest absolute Gasteiger partial charge is 0.112 e. The van der Waals surface area contributed by atoms with Crippen LogP contribution in [0.4, 0.5) is 0 Å². The lowest BCUT2D eigenvalue weighted by molar-refractivity contribution is 0.169. The summed E-state index contributed by atoms with van der Waals surface area (Å²) in [4.78, 5) is 4.11. The quantitative estimate of drug-likeness (QED) is 0.778. The van der Waals surface area contributed by atoms with Gasteiger partial charge in [-0.05, 0) is 18.6 Å². The molecule has 0 bridgehead atoms. The van der Waals surface area contributed by atoms with Gasteiger partial charge in [0.15, 0.2) is 0 Å². The van der Waals surface area contributed by atoms with Crippen molar-refractivity contribution in [3.05, 3.63) is 48.5 Å². The number of aliphatic hydroxyl groups excluding tert-OH is 1. The Labute approximate surface area is 110 Å². The van der Waals surface area contributed by atoms with E-state index in [9.17, 15) is 5.11 Å². The van der Waals surface area contributed by atoms with Crippen molar-refractivity contribution in [2.24, 2.45) is 0 Å². The molecule has 5 nitrogen and oxygen atoms in total. The largest absolute Gasteiger partial charge is 0.387 e. The summed E-state index contributed by atoms with van der Waals surface area (Å²) < 4.78 is 1.69. The highest BCUT2D eigenvalue weighted by Crippen LogP contribution is 2.22. The van der Waals surface area contributed by atoms with Crippen LogP contribution >= 0.6 is 0 Å². The molecule has 0 saturated carbocycles. The van der Waals surface area contributed by atoms with Gasteiger partial charge in [-0.1, -0.05) is 24.3 Å². The summed E-state index contributed by atoms with van der Waals surface area (Å²) in [7, 11) is 0. The Hall–Kier alpha value is -2.27. The molecule has 1 atom stereocenters. The van der Waals surface area contributed by atoms with Crippen LogP contribution in [-0.2, 0) is 0 Å². The lowest BCUT2D eigenvalue weighted by atomic mass is 10.1. The zero-order valence-corrected chi connectivity index (χ0v) is 10.6. The average Bonchev–Trinajstić information content (AvgIpc) is 2.95. The van der Waals surface area contributed by atoms with Gasteiger partial charge in [0.1, 0.15) is 5.69 Å². The highest BCUT2D eigenvalue weighted by molar-refractivity contribution is 5.89. The van der Waals surface area contributed by atoms with Gasteiger partial charge in [0, 0.05) is 23.2 Å². The third-order valence-electron chi connectivity index (χ3n) is 3.14. The molecule has 3 aromatic rings. The van der Waals surface area contributed by atoms with Crippen molar-refractivity contribution >= 4 is 10.8 Å². The normalized spacial score (nSPS) is 12.7. The summed E-state index contributed by atoms with van der Waals surface area (Å²) in [5.41, 5.74) is 1.52. The van der Waals surface area contributed by atoms with Crippen LogP contribution in [0.25, 0.3) is 16.5 Å². The van der Waals surface area contributed by atoms with E-state index < -0.39 is 6.10 Å². The molecule has 0 spiro atoms. The number of hydrogen-bond acceptors (Lipinski definition) is 4. The van der Waals surface area contributed by atoms with Crippen molar-refractivity contribution < 1.29 is 5.11 Å². The minimum Gasteiger partial charge on any atom is -0.387 e. The van der Waals surface area contributed by atoms with Gasteiger partial charge in [-0.2, -0.15) is 0 Å². The van der Waals surface area contributed by atoms with E-state index in [0.717, 1.165) is 16.5 Å². The molecule has 19 heavy (non-hydrogen) atoms. The molecule has 2 aromatic heterocycles. The molecule has 0 aliphatic carbocycles. The predicted molar refractivity (Wildman–Crippen MR) is 71.9 cm³/mol. The van der Waals surface area contributed by atoms with Crippen molar-refractivity contribution in [3.8, 4) is 5.69 Å². The Morgan fingerprint density at radius 2 is 2.21 bits per heavy atom. The van der Waals surface area contributed by atoms with E-state index in [2.05, 4.69) is 15.3 Å². The van der Waals surface area contributed by atoms with Crippen molar-refractivity contribution in [1.82, 2.24) is 20.0 Å². The van der Waals surface area contributed by atoms with Crippen LogP contribution in [0.3, 0.4) is 0 Å². The van der Waals surface area contributed by atoms with Crippen LogP contribution in [0.5, 0.6) is 0 Å². The zero-order chi connectivity index (χ0) is 13.2. The van der Waals surface area contributed by atoms with Crippen LogP contribution in [0.1, 0.15) is 25.1 Å². The van der Waals surface area contributed by atoms with Crippen molar-refractivity contribution in [2.75, 3.05) is 0 Å². The average molecular weight is 254 g/mol.